The summed E-state index contributed by atoms with van der Waals surface area (Å²) < 4.78 is 5.77. The van der Waals surface area contributed by atoms with Gasteiger partial charge in [-0.2, -0.15) is 0 Å². The maximum atomic E-state index is 10.7. The van der Waals surface area contributed by atoms with E-state index < -0.39 is 5.60 Å². The van der Waals surface area contributed by atoms with E-state index in [1.54, 1.807) is 0 Å². The molecule has 1 fully saturated rings. The molecule has 1 N–H and O–H groups in total. The van der Waals surface area contributed by atoms with Crippen LogP contribution in [-0.4, -0.2) is 11.2 Å². The van der Waals surface area contributed by atoms with Crippen LogP contribution in [0.4, 0.5) is 0 Å². The van der Waals surface area contributed by atoms with Gasteiger partial charge in [0.05, 0.1) is 11.7 Å². The van der Waals surface area contributed by atoms with E-state index in [4.69, 9.17) is 4.74 Å². The van der Waals surface area contributed by atoms with E-state index in [1.807, 2.05) is 31.2 Å². The largest absolute Gasteiger partial charge is 0.490 e. The highest BCUT2D eigenvalue weighted by Crippen LogP contribution is 2.35. The molecule has 2 nitrogen and oxygen atoms in total. The fraction of sp³-hybridized carbons (Fsp3) is 0.600. The van der Waals surface area contributed by atoms with Gasteiger partial charge in [-0.1, -0.05) is 32.9 Å². The lowest BCUT2D eigenvalue weighted by Gasteiger charge is -2.31. The first-order valence-electron chi connectivity index (χ1n) is 6.56. The first-order chi connectivity index (χ1) is 8.06. The van der Waals surface area contributed by atoms with Crippen molar-refractivity contribution in [1.82, 2.24) is 0 Å². The predicted molar refractivity (Wildman–Crippen MR) is 69.1 cm³/mol. The Labute approximate surface area is 104 Å². The minimum atomic E-state index is -0.747. The third-order valence-corrected chi connectivity index (χ3v) is 3.66. The first kappa shape index (κ1) is 12.4. The van der Waals surface area contributed by atoms with Crippen molar-refractivity contribution in [1.29, 1.82) is 0 Å². The smallest absolute Gasteiger partial charge is 0.120 e. The summed E-state index contributed by atoms with van der Waals surface area (Å²) in [5.74, 6) is 1.08. The molecule has 0 heterocycles. The number of hydrogen-bond donors (Lipinski definition) is 1. The van der Waals surface area contributed by atoms with Gasteiger partial charge in [-0.15, -0.1) is 0 Å². The van der Waals surface area contributed by atoms with Gasteiger partial charge in [0.2, 0.25) is 0 Å². The lowest BCUT2D eigenvalue weighted by atomic mass is 9.81. The van der Waals surface area contributed by atoms with Crippen LogP contribution >= 0.6 is 0 Å². The molecule has 0 spiro atoms. The molecule has 17 heavy (non-hydrogen) atoms. The Kier molecular flexibility index (Phi) is 3.43. The third kappa shape index (κ3) is 2.63. The zero-order chi connectivity index (χ0) is 12.5. The summed E-state index contributed by atoms with van der Waals surface area (Å²) >= 11 is 0. The molecule has 1 aromatic carbocycles. The summed E-state index contributed by atoms with van der Waals surface area (Å²) in [7, 11) is 0. The van der Waals surface area contributed by atoms with Crippen LogP contribution in [0, 0.1) is 5.92 Å². The molecule has 0 saturated heterocycles. The van der Waals surface area contributed by atoms with Crippen molar-refractivity contribution in [3.63, 3.8) is 0 Å². The van der Waals surface area contributed by atoms with Gasteiger partial charge >= 0.3 is 0 Å². The highest BCUT2D eigenvalue weighted by Gasteiger charge is 2.31. The maximum absolute atomic E-state index is 10.7. The van der Waals surface area contributed by atoms with Crippen LogP contribution in [-0.2, 0) is 5.60 Å². The summed E-state index contributed by atoms with van der Waals surface area (Å²) in [6.45, 7) is 6.13. The molecule has 0 amide bonds. The van der Waals surface area contributed by atoms with E-state index in [1.165, 1.54) is 0 Å². The molecule has 2 rings (SSSR count). The van der Waals surface area contributed by atoms with Crippen LogP contribution in [0.3, 0.4) is 0 Å². The third-order valence-electron chi connectivity index (χ3n) is 3.66. The van der Waals surface area contributed by atoms with Crippen molar-refractivity contribution < 1.29 is 9.84 Å². The number of hydrogen-bond acceptors (Lipinski definition) is 2. The second kappa shape index (κ2) is 4.69. The summed E-state index contributed by atoms with van der Waals surface area (Å²) in [6, 6.07) is 7.92. The Balaban J connectivity index is 2.23. The second-order valence-corrected chi connectivity index (χ2v) is 5.28. The van der Waals surface area contributed by atoms with Crippen LogP contribution < -0.4 is 4.74 Å². The Morgan fingerprint density at radius 2 is 2.12 bits per heavy atom. The average Bonchev–Trinajstić information content (AvgIpc) is 3.12. The molecule has 1 aromatic rings. The lowest BCUT2D eigenvalue weighted by molar-refractivity contribution is -0.0142. The number of aliphatic hydroxyl groups is 1. The molecule has 1 aliphatic carbocycles. The fourth-order valence-electron chi connectivity index (χ4n) is 2.16. The highest BCUT2D eigenvalue weighted by molar-refractivity contribution is 5.33. The predicted octanol–water partition coefficient (Wildman–Crippen LogP) is 3.48. The number of rotatable bonds is 5. The summed E-state index contributed by atoms with van der Waals surface area (Å²) in [5, 5.41) is 10.7. The second-order valence-electron chi connectivity index (χ2n) is 5.28. The van der Waals surface area contributed by atoms with Crippen molar-refractivity contribution >= 4 is 0 Å². The van der Waals surface area contributed by atoms with Crippen molar-refractivity contribution in [2.24, 2.45) is 5.92 Å². The van der Waals surface area contributed by atoms with E-state index >= 15 is 0 Å². The molecule has 1 aliphatic rings. The topological polar surface area (TPSA) is 29.5 Å². The summed E-state index contributed by atoms with van der Waals surface area (Å²) in [4.78, 5) is 0. The van der Waals surface area contributed by atoms with Crippen LogP contribution in [0.25, 0.3) is 0 Å². The van der Waals surface area contributed by atoms with Gasteiger partial charge in [-0.3, -0.25) is 0 Å². The van der Waals surface area contributed by atoms with Gasteiger partial charge < -0.3 is 9.84 Å². The monoisotopic (exact) mass is 234 g/mol. The number of benzene rings is 1. The van der Waals surface area contributed by atoms with Crippen LogP contribution in [0.5, 0.6) is 5.75 Å². The molecule has 2 heteroatoms. The molecule has 0 radical (unpaired) electrons. The van der Waals surface area contributed by atoms with Crippen molar-refractivity contribution in [3.8, 4) is 5.75 Å². The Bertz CT molecular complexity index is 382. The minimum Gasteiger partial charge on any atom is -0.490 e. The van der Waals surface area contributed by atoms with Gasteiger partial charge in [0, 0.05) is 0 Å². The van der Waals surface area contributed by atoms with Crippen molar-refractivity contribution in [3.05, 3.63) is 29.8 Å². The highest BCUT2D eigenvalue weighted by atomic mass is 16.5. The first-order valence-corrected chi connectivity index (χ1v) is 6.56. The Morgan fingerprint density at radius 3 is 2.65 bits per heavy atom. The van der Waals surface area contributed by atoms with Crippen molar-refractivity contribution in [2.75, 3.05) is 0 Å². The molecule has 1 atom stereocenters. The maximum Gasteiger partial charge on any atom is 0.120 e. The van der Waals surface area contributed by atoms with E-state index in [2.05, 4.69) is 13.8 Å². The van der Waals surface area contributed by atoms with E-state index in [-0.39, 0.29) is 5.92 Å². The fourth-order valence-corrected chi connectivity index (χ4v) is 2.16. The number of ether oxygens (including phenoxy) is 1. The molecule has 0 bridgehead atoms. The lowest BCUT2D eigenvalue weighted by Crippen LogP contribution is -2.31. The van der Waals surface area contributed by atoms with Gasteiger partial charge in [-0.05, 0) is 42.9 Å². The molecule has 0 aromatic heterocycles. The Morgan fingerprint density at radius 1 is 1.41 bits per heavy atom. The van der Waals surface area contributed by atoms with Gasteiger partial charge in [0.1, 0.15) is 5.75 Å². The van der Waals surface area contributed by atoms with Crippen molar-refractivity contribution in [2.45, 2.75) is 51.7 Å². The quantitative estimate of drug-likeness (QED) is 0.845. The van der Waals surface area contributed by atoms with Crippen LogP contribution in [0.1, 0.15) is 45.6 Å². The van der Waals surface area contributed by atoms with Gasteiger partial charge in [0.15, 0.2) is 0 Å². The van der Waals surface area contributed by atoms with Crippen LogP contribution in [0.2, 0.25) is 0 Å². The molecule has 1 unspecified atom stereocenters. The van der Waals surface area contributed by atoms with E-state index in [9.17, 15) is 5.11 Å². The van der Waals surface area contributed by atoms with Crippen LogP contribution in [0.15, 0.2) is 24.3 Å². The SMILES string of the molecule is CCC(O)(c1cccc(OC2CC2)c1)C(C)C. The molecule has 1 saturated carbocycles. The van der Waals surface area contributed by atoms with E-state index in [0.29, 0.717) is 6.10 Å². The standard InChI is InChI=1S/C15H22O2/c1-4-15(16,11(2)3)12-6-5-7-14(10-12)17-13-8-9-13/h5-7,10-11,13,16H,4,8-9H2,1-3H3. The summed E-state index contributed by atoms with van der Waals surface area (Å²) in [6.07, 6.45) is 3.44. The van der Waals surface area contributed by atoms with E-state index in [0.717, 1.165) is 30.6 Å². The zero-order valence-electron chi connectivity index (χ0n) is 10.9. The van der Waals surface area contributed by atoms with Gasteiger partial charge in [0.25, 0.3) is 0 Å². The molecule has 0 aliphatic heterocycles. The van der Waals surface area contributed by atoms with Gasteiger partial charge in [-0.25, -0.2) is 0 Å². The summed E-state index contributed by atoms with van der Waals surface area (Å²) in [5.41, 5.74) is 0.219. The Hall–Kier alpha value is -1.02. The average molecular weight is 234 g/mol. The normalized spacial score (nSPS) is 19.1. The minimum absolute atomic E-state index is 0.198. The molecule has 94 valence electrons. The zero-order valence-corrected chi connectivity index (χ0v) is 10.9. The molecular formula is C15H22O2. The molecular weight excluding hydrogens is 212 g/mol.